The Balaban J connectivity index is 1.28. The minimum absolute atomic E-state index is 0.0339. The number of hydrogen-bond acceptors (Lipinski definition) is 7. The van der Waals surface area contributed by atoms with E-state index >= 15 is 0 Å². The summed E-state index contributed by atoms with van der Waals surface area (Å²) in [5.41, 5.74) is 3.44. The maximum absolute atomic E-state index is 14.5. The zero-order valence-electron chi connectivity index (χ0n) is 29.3. The van der Waals surface area contributed by atoms with Crippen LogP contribution in [0.4, 0.5) is 10.5 Å². The fourth-order valence-corrected chi connectivity index (χ4v) is 10.8. The summed E-state index contributed by atoms with van der Waals surface area (Å²) in [7, 11) is -0.0932. The zero-order valence-corrected chi connectivity index (χ0v) is 30.8. The van der Waals surface area contributed by atoms with Gasteiger partial charge in [0.25, 0.3) is 5.91 Å². The first-order chi connectivity index (χ1) is 24.1. The molecule has 2 aliphatic carbocycles. The van der Waals surface area contributed by atoms with Gasteiger partial charge in [-0.15, -0.1) is 4.36 Å². The lowest BCUT2D eigenvalue weighted by atomic mass is 9.68. The highest BCUT2D eigenvalue weighted by Gasteiger charge is 2.44. The molecule has 0 radical (unpaired) electrons. The Labute approximate surface area is 301 Å². The summed E-state index contributed by atoms with van der Waals surface area (Å²) in [5.74, 6) is 0.744. The Bertz CT molecular complexity index is 1780. The number of carbonyl (C=O) groups is 2. The van der Waals surface area contributed by atoms with Gasteiger partial charge in [-0.3, -0.25) is 9.52 Å². The third-order valence-electron chi connectivity index (χ3n) is 11.5. The summed E-state index contributed by atoms with van der Waals surface area (Å²) >= 11 is 6.46. The van der Waals surface area contributed by atoms with Crippen molar-refractivity contribution in [3.05, 3.63) is 70.3 Å². The number of nitrogens with zero attached hydrogens (tertiary/aromatic N) is 3. The standard InChI is InChI=1S/C38H49ClN4O6S/c1-25-6-4-8-34(48-3)31-12-9-28(31)20-43-23-38(16-5-7-26-18-29(39)11-13-32(26)38)24-49-35-14-10-27(19-33(35)43)36(44)40-50(46,22-25)41-37(45)42-17-15-30(21-42)47-2/h4,8,10-11,13-14,18-19,25,28,30-31,34H,5-7,9,12,15-17,20-24H2,1-3H3,(H,40,41,44,45,46)/b8-4+/t25-,28-,30+,31+,34-,38-,50-/m0/s1. The van der Waals surface area contributed by atoms with Gasteiger partial charge in [0, 0.05) is 56.4 Å². The molecule has 2 bridgehead atoms. The highest BCUT2D eigenvalue weighted by atomic mass is 35.5. The quantitative estimate of drug-likeness (QED) is 0.365. The van der Waals surface area contributed by atoms with E-state index in [1.165, 1.54) is 11.1 Å². The number of anilines is 1. The van der Waals surface area contributed by atoms with Gasteiger partial charge < -0.3 is 24.0 Å². The number of ether oxygens (including phenoxy) is 3. The van der Waals surface area contributed by atoms with Gasteiger partial charge in [0.05, 0.1) is 30.3 Å². The summed E-state index contributed by atoms with van der Waals surface area (Å²) in [5, 5.41) is 0.744. The van der Waals surface area contributed by atoms with E-state index in [1.807, 2.05) is 25.1 Å². The maximum Gasteiger partial charge on any atom is 0.329 e. The van der Waals surface area contributed by atoms with Gasteiger partial charge in [-0.1, -0.05) is 36.7 Å². The lowest BCUT2D eigenvalue weighted by molar-refractivity contribution is 0.0131. The number of fused-ring (bicyclic) bond motifs is 4. The molecule has 5 aliphatic rings. The van der Waals surface area contributed by atoms with E-state index in [9.17, 15) is 13.8 Å². The number of likely N-dealkylation sites (tertiary alicyclic amines) is 1. The first-order valence-corrected chi connectivity index (χ1v) is 20.0. The molecule has 3 heterocycles. The van der Waals surface area contributed by atoms with Crippen LogP contribution in [-0.2, 0) is 31.2 Å². The Morgan fingerprint density at radius 3 is 2.74 bits per heavy atom. The second-order valence-electron chi connectivity index (χ2n) is 15.0. The number of aryl methyl sites for hydroxylation is 1. The zero-order chi connectivity index (χ0) is 35.0. The molecule has 2 aromatic rings. The smallest absolute Gasteiger partial charge is 0.329 e. The lowest BCUT2D eigenvalue weighted by Gasteiger charge is -2.46. The molecule has 1 N–H and O–H groups in total. The SMILES string of the molecule is CO[C@@H]1CCN(C(=O)N[S@@]2(=O)=NC(=O)c3ccc4c(c3)N(C[C@@H]3CC[C@H]3[C@@H](OC)/C=C/C[C@H](C)C2)C[C@@]2(CCCc3cc(Cl)ccc32)CO4)C1. The molecule has 12 heteroatoms. The topological polar surface area (TPSA) is 110 Å². The Kier molecular flexibility index (Phi) is 10.2. The van der Waals surface area contributed by atoms with Crippen LogP contribution in [0.3, 0.4) is 0 Å². The van der Waals surface area contributed by atoms with Crippen molar-refractivity contribution in [3.8, 4) is 5.75 Å². The minimum atomic E-state index is -3.48. The molecule has 3 aliphatic heterocycles. The van der Waals surface area contributed by atoms with E-state index < -0.39 is 21.9 Å². The van der Waals surface area contributed by atoms with Crippen molar-refractivity contribution in [2.75, 3.05) is 57.7 Å². The van der Waals surface area contributed by atoms with Crippen molar-refractivity contribution >= 4 is 39.1 Å². The highest BCUT2D eigenvalue weighted by molar-refractivity contribution is 7.92. The van der Waals surface area contributed by atoms with Crippen molar-refractivity contribution in [3.63, 3.8) is 0 Å². The summed E-state index contributed by atoms with van der Waals surface area (Å²) < 4.78 is 39.6. The predicted molar refractivity (Wildman–Crippen MR) is 195 cm³/mol. The van der Waals surface area contributed by atoms with Crippen molar-refractivity contribution in [1.29, 1.82) is 0 Å². The summed E-state index contributed by atoms with van der Waals surface area (Å²) in [6, 6.07) is 11.1. The molecule has 0 unspecified atom stereocenters. The molecule has 1 saturated carbocycles. The third kappa shape index (κ3) is 7.16. The largest absolute Gasteiger partial charge is 0.490 e. The first-order valence-electron chi connectivity index (χ1n) is 18.0. The second kappa shape index (κ2) is 14.5. The molecule has 0 aromatic heterocycles. The molecule has 1 saturated heterocycles. The number of halogens is 1. The Hall–Kier alpha value is -3.12. The predicted octanol–water partition coefficient (Wildman–Crippen LogP) is 6.40. The first kappa shape index (κ1) is 35.3. The minimum Gasteiger partial charge on any atom is -0.490 e. The number of carbonyl (C=O) groups excluding carboxylic acids is 2. The molecule has 3 amide bonds. The third-order valence-corrected chi connectivity index (χ3v) is 13.7. The van der Waals surface area contributed by atoms with E-state index in [4.69, 9.17) is 25.8 Å². The fourth-order valence-electron chi connectivity index (χ4n) is 8.67. The molecule has 50 heavy (non-hydrogen) atoms. The van der Waals surface area contributed by atoms with Crippen LogP contribution in [0.15, 0.2) is 52.9 Å². The molecule has 10 nitrogen and oxygen atoms in total. The molecule has 2 fully saturated rings. The summed E-state index contributed by atoms with van der Waals surface area (Å²) in [6.07, 6.45) is 10.6. The lowest BCUT2D eigenvalue weighted by Crippen LogP contribution is -2.49. The van der Waals surface area contributed by atoms with Crippen LogP contribution < -0.4 is 14.4 Å². The van der Waals surface area contributed by atoms with Crippen LogP contribution in [0.25, 0.3) is 0 Å². The number of amides is 3. The summed E-state index contributed by atoms with van der Waals surface area (Å²) in [4.78, 5) is 31.3. The van der Waals surface area contributed by atoms with Crippen molar-refractivity contribution in [1.82, 2.24) is 9.62 Å². The van der Waals surface area contributed by atoms with Crippen molar-refractivity contribution in [2.24, 2.45) is 22.1 Å². The van der Waals surface area contributed by atoms with E-state index in [1.54, 1.807) is 25.2 Å². The van der Waals surface area contributed by atoms with Gasteiger partial charge in [-0.25, -0.2) is 9.00 Å². The Morgan fingerprint density at radius 1 is 1.12 bits per heavy atom. The molecule has 270 valence electrons. The van der Waals surface area contributed by atoms with Crippen LogP contribution in [0, 0.1) is 17.8 Å². The van der Waals surface area contributed by atoms with Crippen LogP contribution in [0.5, 0.6) is 5.75 Å². The van der Waals surface area contributed by atoms with E-state index in [2.05, 4.69) is 38.3 Å². The van der Waals surface area contributed by atoms with E-state index in [0.29, 0.717) is 55.7 Å². The molecular weight excluding hydrogens is 676 g/mol. The number of methoxy groups -OCH3 is 2. The number of hydrogen-bond donors (Lipinski definition) is 1. The van der Waals surface area contributed by atoms with Crippen LogP contribution in [-0.4, -0.2) is 86.0 Å². The van der Waals surface area contributed by atoms with Gasteiger partial charge in [-0.05, 0) is 104 Å². The van der Waals surface area contributed by atoms with Crippen LogP contribution in [0.2, 0.25) is 5.02 Å². The second-order valence-corrected chi connectivity index (χ2v) is 17.4. The van der Waals surface area contributed by atoms with Crippen molar-refractivity contribution < 1.29 is 28.0 Å². The van der Waals surface area contributed by atoms with E-state index in [0.717, 1.165) is 55.9 Å². The monoisotopic (exact) mass is 724 g/mol. The van der Waals surface area contributed by atoms with Crippen molar-refractivity contribution in [2.45, 2.75) is 69.5 Å². The number of benzene rings is 2. The van der Waals surface area contributed by atoms with Gasteiger partial charge in [-0.2, -0.15) is 0 Å². The van der Waals surface area contributed by atoms with Gasteiger partial charge in [0.1, 0.15) is 15.7 Å². The normalized spacial score (nSPS) is 33.3. The number of nitrogens with one attached hydrogen (secondary N) is 1. The highest BCUT2D eigenvalue weighted by Crippen LogP contribution is 2.47. The van der Waals surface area contributed by atoms with Gasteiger partial charge in [0.2, 0.25) is 0 Å². The molecular formula is C38H49ClN4O6S. The number of allylic oxidation sites excluding steroid dienone is 1. The molecule has 7 atom stereocenters. The molecule has 7 rings (SSSR count). The number of urea groups is 1. The van der Waals surface area contributed by atoms with E-state index in [-0.39, 0.29) is 29.3 Å². The molecule has 2 aromatic carbocycles. The Morgan fingerprint density at radius 2 is 1.98 bits per heavy atom. The van der Waals surface area contributed by atoms with Crippen LogP contribution >= 0.6 is 11.6 Å². The summed E-state index contributed by atoms with van der Waals surface area (Å²) in [6.45, 7) is 4.86. The van der Waals surface area contributed by atoms with Crippen LogP contribution in [0.1, 0.15) is 66.9 Å². The average molecular weight is 725 g/mol. The average Bonchev–Trinajstić information content (AvgIpc) is 3.52. The maximum atomic E-state index is 14.5. The number of rotatable bonds is 3. The van der Waals surface area contributed by atoms with Gasteiger partial charge in [0.15, 0.2) is 0 Å². The van der Waals surface area contributed by atoms with Gasteiger partial charge >= 0.3 is 6.03 Å². The fraction of sp³-hybridized carbons (Fsp3) is 0.579. The molecule has 1 spiro atoms.